The van der Waals surface area contributed by atoms with Crippen LogP contribution in [-0.2, 0) is 16.0 Å². The fourth-order valence-corrected chi connectivity index (χ4v) is 5.32. The Morgan fingerprint density at radius 3 is 2.71 bits per heavy atom. The number of aromatic nitrogens is 1. The zero-order valence-corrected chi connectivity index (χ0v) is 21.6. The van der Waals surface area contributed by atoms with Gasteiger partial charge in [0.05, 0.1) is 19.2 Å². The molecule has 2 atom stereocenters. The summed E-state index contributed by atoms with van der Waals surface area (Å²) in [6, 6.07) is 10.4. The van der Waals surface area contributed by atoms with E-state index in [1.165, 1.54) is 70.7 Å². The first-order valence-corrected chi connectivity index (χ1v) is 13.4. The molecule has 1 aliphatic heterocycles. The number of ether oxygens (including phenoxy) is 2. The summed E-state index contributed by atoms with van der Waals surface area (Å²) >= 11 is 0. The van der Waals surface area contributed by atoms with E-state index in [0.717, 1.165) is 42.5 Å². The highest BCUT2D eigenvalue weighted by atomic mass is 16.5. The van der Waals surface area contributed by atoms with E-state index >= 15 is 0 Å². The van der Waals surface area contributed by atoms with Crippen LogP contribution in [0.25, 0.3) is 10.9 Å². The van der Waals surface area contributed by atoms with Gasteiger partial charge < -0.3 is 14.4 Å². The highest BCUT2D eigenvalue weighted by Gasteiger charge is 2.28. The Kier molecular flexibility index (Phi) is 11.1. The Balaban J connectivity index is 1.49. The number of likely N-dealkylation sites (tertiary alicyclic amines) is 1. The predicted octanol–water partition coefficient (Wildman–Crippen LogP) is 6.43. The Morgan fingerprint density at radius 1 is 1.06 bits per heavy atom. The first kappa shape index (κ1) is 26.5. The maximum Gasteiger partial charge on any atom is 0.302 e. The highest BCUT2D eigenvalue weighted by molar-refractivity contribution is 5.80. The Labute approximate surface area is 206 Å². The molecule has 1 aliphatic rings. The van der Waals surface area contributed by atoms with Crippen LogP contribution < -0.4 is 4.74 Å². The minimum absolute atomic E-state index is 0.167. The molecule has 0 spiro atoms. The number of methoxy groups -OCH3 is 1. The number of rotatable bonds is 14. The van der Waals surface area contributed by atoms with Crippen molar-refractivity contribution in [2.75, 3.05) is 33.4 Å². The fourth-order valence-electron chi connectivity index (χ4n) is 5.32. The first-order chi connectivity index (χ1) is 16.6. The molecule has 3 rings (SSSR count). The van der Waals surface area contributed by atoms with E-state index in [1.54, 1.807) is 7.11 Å². The largest absolute Gasteiger partial charge is 0.497 e. The van der Waals surface area contributed by atoms with E-state index in [4.69, 9.17) is 14.5 Å². The molecule has 0 bridgehead atoms. The monoisotopic (exact) mass is 468 g/mol. The number of carbonyl (C=O) groups is 1. The number of hydrogen-bond acceptors (Lipinski definition) is 5. The number of aryl methyl sites for hydroxylation is 1. The average molecular weight is 469 g/mol. The summed E-state index contributed by atoms with van der Waals surface area (Å²) in [5.41, 5.74) is 2.20. The normalized spacial score (nSPS) is 18.8. The summed E-state index contributed by atoms with van der Waals surface area (Å²) in [4.78, 5) is 18.8. The number of nitrogens with zero attached hydrogens (tertiary/aromatic N) is 2. The fraction of sp³-hybridized carbons (Fsp3) is 0.655. The van der Waals surface area contributed by atoms with Gasteiger partial charge in [0.15, 0.2) is 0 Å². The molecule has 1 aromatic heterocycles. The van der Waals surface area contributed by atoms with Crippen LogP contribution in [0.3, 0.4) is 0 Å². The number of esters is 1. The Morgan fingerprint density at radius 2 is 1.91 bits per heavy atom. The molecule has 0 amide bonds. The number of benzene rings is 1. The molecule has 5 heteroatoms. The van der Waals surface area contributed by atoms with E-state index in [2.05, 4.69) is 24.0 Å². The summed E-state index contributed by atoms with van der Waals surface area (Å²) in [5.74, 6) is 2.02. The molecule has 0 N–H and O–H groups in total. The Bertz CT molecular complexity index is 885. The summed E-state index contributed by atoms with van der Waals surface area (Å²) in [7, 11) is 1.70. The van der Waals surface area contributed by atoms with Crippen molar-refractivity contribution in [3.63, 3.8) is 0 Å². The third-order valence-electron chi connectivity index (χ3n) is 7.31. The van der Waals surface area contributed by atoms with Crippen molar-refractivity contribution in [2.45, 2.75) is 78.1 Å². The molecule has 2 aromatic rings. The van der Waals surface area contributed by atoms with Crippen molar-refractivity contribution < 1.29 is 14.3 Å². The third kappa shape index (κ3) is 8.57. The maximum atomic E-state index is 11.3. The number of fused-ring (bicyclic) bond motifs is 1. The minimum Gasteiger partial charge on any atom is -0.497 e. The SMILES string of the molecule is CCCCCCCN1CC[C@@H](CCCc2ccc3cc(OC)ccc3n2)[C@@H](CCOC(C)=O)C1. The molecular formula is C29H44N2O3. The summed E-state index contributed by atoms with van der Waals surface area (Å²) < 4.78 is 10.6. The standard InChI is InChI=1S/C29H44N2O3/c1-4-5-6-7-8-18-31-19-16-24(26(22-31)17-20-34-23(2)32)10-9-11-27-13-12-25-21-28(33-3)14-15-29(25)30-27/h12-15,21,24,26H,4-11,16-20,22H2,1-3H3/t24-,26+/m1/s1. The lowest BCUT2D eigenvalue weighted by Gasteiger charge is -2.39. The smallest absolute Gasteiger partial charge is 0.302 e. The molecule has 0 aliphatic carbocycles. The lowest BCUT2D eigenvalue weighted by molar-refractivity contribution is -0.141. The quantitative estimate of drug-likeness (QED) is 0.236. The van der Waals surface area contributed by atoms with Crippen LogP contribution in [0.4, 0.5) is 0 Å². The lowest BCUT2D eigenvalue weighted by Crippen LogP contribution is -2.41. The topological polar surface area (TPSA) is 51.7 Å². The van der Waals surface area contributed by atoms with Gasteiger partial charge in [-0.25, -0.2) is 0 Å². The summed E-state index contributed by atoms with van der Waals surface area (Å²) in [6.07, 6.45) is 12.3. The highest BCUT2D eigenvalue weighted by Crippen LogP contribution is 2.31. The van der Waals surface area contributed by atoms with Gasteiger partial charge in [-0.15, -0.1) is 0 Å². The van der Waals surface area contributed by atoms with Crippen molar-refractivity contribution in [3.8, 4) is 5.75 Å². The summed E-state index contributed by atoms with van der Waals surface area (Å²) in [5, 5.41) is 1.12. The van der Waals surface area contributed by atoms with Crippen LogP contribution in [0, 0.1) is 11.8 Å². The number of pyridine rings is 1. The molecule has 0 saturated carbocycles. The van der Waals surface area contributed by atoms with Crippen molar-refractivity contribution >= 4 is 16.9 Å². The second-order valence-electron chi connectivity index (χ2n) is 9.91. The van der Waals surface area contributed by atoms with Crippen LogP contribution >= 0.6 is 0 Å². The number of piperidine rings is 1. The van der Waals surface area contributed by atoms with Gasteiger partial charge in [0.2, 0.25) is 0 Å². The second-order valence-corrected chi connectivity index (χ2v) is 9.91. The van der Waals surface area contributed by atoms with Gasteiger partial charge in [-0.2, -0.15) is 0 Å². The molecular weight excluding hydrogens is 424 g/mol. The van der Waals surface area contributed by atoms with Crippen molar-refractivity contribution in [1.29, 1.82) is 0 Å². The molecule has 188 valence electrons. The molecule has 0 unspecified atom stereocenters. The van der Waals surface area contributed by atoms with E-state index in [-0.39, 0.29) is 5.97 Å². The minimum atomic E-state index is -0.167. The van der Waals surface area contributed by atoms with Crippen molar-refractivity contribution in [2.24, 2.45) is 11.8 Å². The van der Waals surface area contributed by atoms with E-state index in [1.807, 2.05) is 18.2 Å². The first-order valence-electron chi connectivity index (χ1n) is 13.4. The molecule has 34 heavy (non-hydrogen) atoms. The van der Waals surface area contributed by atoms with Crippen LogP contribution in [0.15, 0.2) is 30.3 Å². The zero-order valence-electron chi connectivity index (χ0n) is 21.6. The maximum absolute atomic E-state index is 11.3. The average Bonchev–Trinajstić information content (AvgIpc) is 2.84. The second kappa shape index (κ2) is 14.3. The number of carbonyl (C=O) groups excluding carboxylic acids is 1. The van der Waals surface area contributed by atoms with Gasteiger partial charge in [-0.05, 0) is 87.7 Å². The molecule has 2 heterocycles. The van der Waals surface area contributed by atoms with Gasteiger partial charge in [-0.3, -0.25) is 9.78 Å². The van der Waals surface area contributed by atoms with Crippen molar-refractivity contribution in [3.05, 3.63) is 36.0 Å². The van der Waals surface area contributed by atoms with Gasteiger partial charge in [0.25, 0.3) is 0 Å². The molecule has 1 fully saturated rings. The van der Waals surface area contributed by atoms with E-state index < -0.39 is 0 Å². The molecule has 1 saturated heterocycles. The van der Waals surface area contributed by atoms with E-state index in [9.17, 15) is 4.79 Å². The third-order valence-corrected chi connectivity index (χ3v) is 7.31. The van der Waals surface area contributed by atoms with Crippen molar-refractivity contribution in [1.82, 2.24) is 9.88 Å². The molecule has 0 radical (unpaired) electrons. The van der Waals surface area contributed by atoms with Crippen LogP contribution in [0.1, 0.15) is 77.3 Å². The zero-order chi connectivity index (χ0) is 24.2. The van der Waals surface area contributed by atoms with Crippen LogP contribution in [-0.4, -0.2) is 49.2 Å². The van der Waals surface area contributed by atoms with Gasteiger partial charge in [0.1, 0.15) is 5.75 Å². The van der Waals surface area contributed by atoms with Crippen LogP contribution in [0.5, 0.6) is 5.75 Å². The van der Waals surface area contributed by atoms with E-state index in [0.29, 0.717) is 18.4 Å². The van der Waals surface area contributed by atoms with Gasteiger partial charge in [0, 0.05) is 24.5 Å². The van der Waals surface area contributed by atoms with Crippen LogP contribution in [0.2, 0.25) is 0 Å². The number of hydrogen-bond donors (Lipinski definition) is 0. The van der Waals surface area contributed by atoms with Gasteiger partial charge in [-0.1, -0.05) is 38.7 Å². The summed E-state index contributed by atoms with van der Waals surface area (Å²) in [6.45, 7) is 7.90. The molecule has 5 nitrogen and oxygen atoms in total. The molecule has 1 aromatic carbocycles. The lowest BCUT2D eigenvalue weighted by atomic mass is 9.80. The number of unbranched alkanes of at least 4 members (excludes halogenated alkanes) is 4. The Hall–Kier alpha value is -2.14. The predicted molar refractivity (Wildman–Crippen MR) is 139 cm³/mol. The van der Waals surface area contributed by atoms with Gasteiger partial charge >= 0.3 is 5.97 Å².